The van der Waals surface area contributed by atoms with Gasteiger partial charge in [0, 0.05) is 4.88 Å². The number of hydrazone groups is 1. The summed E-state index contributed by atoms with van der Waals surface area (Å²) in [5.41, 5.74) is -1.46. The molecule has 1 atom stereocenters. The van der Waals surface area contributed by atoms with Crippen LogP contribution in [0, 0.1) is 0 Å². The van der Waals surface area contributed by atoms with E-state index in [1.54, 1.807) is 23.8 Å². The summed E-state index contributed by atoms with van der Waals surface area (Å²) >= 11 is 2.57. The molecule has 0 saturated heterocycles. The van der Waals surface area contributed by atoms with E-state index in [9.17, 15) is 39.6 Å². The summed E-state index contributed by atoms with van der Waals surface area (Å²) in [6.07, 6.45) is -7.58. The van der Waals surface area contributed by atoms with Crippen LogP contribution in [0.25, 0.3) is 0 Å². The van der Waals surface area contributed by atoms with E-state index < -0.39 is 50.3 Å². The van der Waals surface area contributed by atoms with Crippen LogP contribution in [-0.4, -0.2) is 38.6 Å². The minimum absolute atomic E-state index is 0.0794. The summed E-state index contributed by atoms with van der Waals surface area (Å²) in [4.78, 5) is 11.8. The molecule has 2 aromatic rings. The monoisotopic (exact) mass is 533 g/mol. The Balaban J connectivity index is 2.34. The molecule has 0 aliphatic heterocycles. The number of alkyl halides is 6. The van der Waals surface area contributed by atoms with Crippen LogP contribution in [0.1, 0.15) is 22.4 Å². The third-order valence-corrected chi connectivity index (χ3v) is 6.91. The van der Waals surface area contributed by atoms with Gasteiger partial charge in [0.1, 0.15) is 6.04 Å². The Morgan fingerprint density at radius 3 is 2.24 bits per heavy atom. The van der Waals surface area contributed by atoms with Crippen LogP contribution in [0.3, 0.4) is 0 Å². The molecule has 0 bridgehead atoms. The van der Waals surface area contributed by atoms with Crippen molar-refractivity contribution < 1.29 is 39.6 Å². The van der Waals surface area contributed by atoms with E-state index in [4.69, 9.17) is 0 Å². The van der Waals surface area contributed by atoms with Gasteiger partial charge in [-0.05, 0) is 48.1 Å². The highest BCUT2D eigenvalue weighted by molar-refractivity contribution is 7.98. The fourth-order valence-corrected chi connectivity index (χ4v) is 4.77. The normalized spacial score (nSPS) is 13.9. The second-order valence-corrected chi connectivity index (χ2v) is 10.1. The molecular formula is C18H17F6N3O3S3. The molecule has 1 amide bonds. The van der Waals surface area contributed by atoms with Crippen molar-refractivity contribution in [3.8, 4) is 0 Å². The molecule has 15 heteroatoms. The molecule has 0 spiro atoms. The van der Waals surface area contributed by atoms with Crippen molar-refractivity contribution in [1.29, 1.82) is 0 Å². The first kappa shape index (κ1) is 27.1. The number of hydrogen-bond acceptors (Lipinski definition) is 6. The highest BCUT2D eigenvalue weighted by Crippen LogP contribution is 2.37. The number of amides is 1. The third kappa shape index (κ3) is 8.01. The number of carbonyl (C=O) groups excluding carboxylic acids is 1. The molecule has 182 valence electrons. The first-order valence-electron chi connectivity index (χ1n) is 8.91. The van der Waals surface area contributed by atoms with Crippen molar-refractivity contribution in [1.82, 2.24) is 10.1 Å². The van der Waals surface area contributed by atoms with Gasteiger partial charge in [-0.1, -0.05) is 6.07 Å². The lowest BCUT2D eigenvalue weighted by Gasteiger charge is -2.18. The lowest BCUT2D eigenvalue weighted by Crippen LogP contribution is -2.45. The van der Waals surface area contributed by atoms with Gasteiger partial charge in [0.25, 0.3) is 5.91 Å². The quantitative estimate of drug-likeness (QED) is 0.285. The molecule has 0 radical (unpaired) electrons. The van der Waals surface area contributed by atoms with E-state index in [2.05, 4.69) is 10.5 Å². The number of nitrogens with zero attached hydrogens (tertiary/aromatic N) is 1. The van der Waals surface area contributed by atoms with Crippen LogP contribution < -0.4 is 10.1 Å². The Hall–Kier alpha value is -2.10. The van der Waals surface area contributed by atoms with E-state index in [1.807, 2.05) is 4.72 Å². The number of sulfonamides is 1. The van der Waals surface area contributed by atoms with Gasteiger partial charge in [-0.3, -0.25) is 4.79 Å². The molecule has 0 saturated carbocycles. The van der Waals surface area contributed by atoms with Crippen LogP contribution in [0.15, 0.2) is 45.7 Å². The topological polar surface area (TPSA) is 87.6 Å². The lowest BCUT2D eigenvalue weighted by atomic mass is 10.1. The molecule has 6 nitrogen and oxygen atoms in total. The molecular weight excluding hydrogens is 516 g/mol. The number of carbonyl (C=O) groups is 1. The predicted octanol–water partition coefficient (Wildman–Crippen LogP) is 4.34. The number of nitrogens with one attached hydrogen (secondary N) is 2. The summed E-state index contributed by atoms with van der Waals surface area (Å²) in [7, 11) is -4.94. The van der Waals surface area contributed by atoms with Gasteiger partial charge in [0.05, 0.1) is 22.2 Å². The highest BCUT2D eigenvalue weighted by atomic mass is 32.2. The van der Waals surface area contributed by atoms with Gasteiger partial charge in [0.2, 0.25) is 10.0 Å². The van der Waals surface area contributed by atoms with Gasteiger partial charge in [-0.25, -0.2) is 13.8 Å². The van der Waals surface area contributed by atoms with E-state index in [0.29, 0.717) is 4.88 Å². The number of thioether (sulfide) groups is 1. The second-order valence-electron chi connectivity index (χ2n) is 6.45. The number of rotatable bonds is 9. The van der Waals surface area contributed by atoms with Crippen molar-refractivity contribution in [2.45, 2.75) is 29.7 Å². The van der Waals surface area contributed by atoms with Gasteiger partial charge in [-0.2, -0.15) is 47.9 Å². The number of halogens is 6. The number of hydrogen-bond donors (Lipinski definition) is 2. The zero-order chi connectivity index (χ0) is 24.9. The van der Waals surface area contributed by atoms with Gasteiger partial charge in [-0.15, -0.1) is 11.3 Å². The Morgan fingerprint density at radius 2 is 1.76 bits per heavy atom. The number of thiophene rings is 1. The SMILES string of the molecule is CSCCC(NS(=O)(=O)c1cc(C(F)(F)F)cc(C(F)(F)F)c1)C(=O)N/N=C/c1cccs1. The first-order valence-corrected chi connectivity index (χ1v) is 12.7. The van der Waals surface area contributed by atoms with Gasteiger partial charge >= 0.3 is 12.4 Å². The minimum atomic E-state index is -5.22. The van der Waals surface area contributed by atoms with Crippen LogP contribution in [0.4, 0.5) is 26.3 Å². The average molecular weight is 534 g/mol. The Kier molecular flexibility index (Phi) is 8.95. The van der Waals surface area contributed by atoms with Crippen LogP contribution >= 0.6 is 23.1 Å². The van der Waals surface area contributed by atoms with Crippen LogP contribution in [0.2, 0.25) is 0 Å². The van der Waals surface area contributed by atoms with Gasteiger partial charge in [0.15, 0.2) is 0 Å². The fraction of sp³-hybridized carbons (Fsp3) is 0.333. The fourth-order valence-electron chi connectivity index (χ4n) is 2.42. The largest absolute Gasteiger partial charge is 0.416 e. The Morgan fingerprint density at radius 1 is 1.15 bits per heavy atom. The molecule has 1 heterocycles. The van der Waals surface area contributed by atoms with Crippen molar-refractivity contribution in [2.24, 2.45) is 5.10 Å². The highest BCUT2D eigenvalue weighted by Gasteiger charge is 2.38. The van der Waals surface area contributed by atoms with E-state index >= 15 is 0 Å². The smallest absolute Gasteiger partial charge is 0.271 e. The zero-order valence-corrected chi connectivity index (χ0v) is 19.1. The summed E-state index contributed by atoms with van der Waals surface area (Å²) < 4.78 is 106. The molecule has 1 aromatic carbocycles. The maximum atomic E-state index is 13.1. The molecule has 1 aromatic heterocycles. The van der Waals surface area contributed by atoms with Crippen molar-refractivity contribution >= 4 is 45.2 Å². The van der Waals surface area contributed by atoms with Crippen molar-refractivity contribution in [3.63, 3.8) is 0 Å². The van der Waals surface area contributed by atoms with Crippen LogP contribution in [-0.2, 0) is 27.2 Å². The van der Waals surface area contributed by atoms with Crippen LogP contribution in [0.5, 0.6) is 0 Å². The molecule has 1 unspecified atom stereocenters. The predicted molar refractivity (Wildman–Crippen MR) is 114 cm³/mol. The molecule has 0 aliphatic carbocycles. The first-order chi connectivity index (χ1) is 15.2. The van der Waals surface area contributed by atoms with Crippen molar-refractivity contribution in [3.05, 3.63) is 51.7 Å². The van der Waals surface area contributed by atoms with E-state index in [0.717, 1.165) is 0 Å². The molecule has 0 fully saturated rings. The second kappa shape index (κ2) is 10.9. The summed E-state index contributed by atoms with van der Waals surface area (Å²) in [6, 6.07) is 1.91. The third-order valence-electron chi connectivity index (χ3n) is 4.01. The Bertz CT molecular complexity index is 1050. The Labute approximate surface area is 193 Å². The maximum absolute atomic E-state index is 13.1. The minimum Gasteiger partial charge on any atom is -0.271 e. The van der Waals surface area contributed by atoms with Gasteiger partial charge < -0.3 is 0 Å². The standard InChI is InChI=1S/C18H17F6N3O3S3/c1-31-6-4-15(16(28)26-25-10-13-3-2-5-32-13)27-33(29,30)14-8-11(17(19,20)21)7-12(9-14)18(22,23)24/h2-3,5,7-10,15,27H,4,6H2,1H3,(H,26,28)/b25-10+. The lowest BCUT2D eigenvalue weighted by molar-refractivity contribution is -0.143. The average Bonchev–Trinajstić information content (AvgIpc) is 3.22. The van der Waals surface area contributed by atoms with Crippen molar-refractivity contribution in [2.75, 3.05) is 12.0 Å². The molecule has 33 heavy (non-hydrogen) atoms. The molecule has 2 N–H and O–H groups in total. The zero-order valence-electron chi connectivity index (χ0n) is 16.7. The summed E-state index contributed by atoms with van der Waals surface area (Å²) in [6.45, 7) is 0. The molecule has 2 rings (SSSR count). The van der Waals surface area contributed by atoms with E-state index in [-0.39, 0.29) is 30.4 Å². The van der Waals surface area contributed by atoms with E-state index in [1.165, 1.54) is 29.3 Å². The summed E-state index contributed by atoms with van der Waals surface area (Å²) in [5.74, 6) is -0.658. The number of benzene rings is 1. The summed E-state index contributed by atoms with van der Waals surface area (Å²) in [5, 5.41) is 5.44. The molecule has 0 aliphatic rings. The maximum Gasteiger partial charge on any atom is 0.416 e.